The molecule has 0 bridgehead atoms. The van der Waals surface area contributed by atoms with Gasteiger partial charge in [-0.05, 0) is 29.8 Å². The van der Waals surface area contributed by atoms with Crippen LogP contribution in [0.1, 0.15) is 15.9 Å². The van der Waals surface area contributed by atoms with Crippen LogP contribution < -0.4 is 0 Å². The Morgan fingerprint density at radius 1 is 1.00 bits per heavy atom. The Morgan fingerprint density at radius 3 is 2.11 bits per heavy atom. The van der Waals surface area contributed by atoms with Crippen molar-refractivity contribution in [1.29, 1.82) is 0 Å². The minimum atomic E-state index is -0.00231. The van der Waals surface area contributed by atoms with E-state index in [1.165, 1.54) is 0 Å². The number of hydrogen-bond donors (Lipinski definition) is 0. The molecule has 1 nitrogen and oxygen atoms in total. The Balaban J connectivity index is 2.24. The van der Waals surface area contributed by atoms with Crippen molar-refractivity contribution in [2.24, 2.45) is 0 Å². The minimum Gasteiger partial charge on any atom is -0.294 e. The van der Waals surface area contributed by atoms with E-state index in [2.05, 4.69) is 15.9 Å². The van der Waals surface area contributed by atoms with Crippen LogP contribution in [0.5, 0.6) is 0 Å². The summed E-state index contributed by atoms with van der Waals surface area (Å²) in [5.74, 6) is -0.00231. The second kappa shape index (κ2) is 5.87. The van der Waals surface area contributed by atoms with E-state index >= 15 is 0 Å². The molecule has 0 aliphatic rings. The summed E-state index contributed by atoms with van der Waals surface area (Å²) < 4.78 is 0.940. The van der Waals surface area contributed by atoms with E-state index in [0.29, 0.717) is 21.2 Å². The molecule has 0 N–H and O–H groups in total. The molecule has 4 heteroatoms. The van der Waals surface area contributed by atoms with Crippen LogP contribution in [0, 0.1) is 0 Å². The van der Waals surface area contributed by atoms with Gasteiger partial charge in [-0.15, -0.1) is 0 Å². The van der Waals surface area contributed by atoms with Gasteiger partial charge in [0.15, 0.2) is 5.78 Å². The highest BCUT2D eigenvalue weighted by atomic mass is 79.9. The summed E-state index contributed by atoms with van der Waals surface area (Å²) in [6, 6.07) is 12.4. The van der Waals surface area contributed by atoms with Crippen LogP contribution in [0.15, 0.2) is 46.9 Å². The lowest BCUT2D eigenvalue weighted by Gasteiger charge is -2.06. The summed E-state index contributed by atoms with van der Waals surface area (Å²) in [5, 5.41) is 1.04. The third-order valence-corrected chi connectivity index (χ3v) is 3.80. The molecular weight excluding hydrogens is 335 g/mol. The van der Waals surface area contributed by atoms with E-state index in [1.54, 1.807) is 30.3 Å². The lowest BCUT2D eigenvalue weighted by atomic mass is 10.0. The number of carbonyl (C=O) groups is 1. The third kappa shape index (κ3) is 3.14. The molecule has 92 valence electrons. The molecule has 2 rings (SSSR count). The van der Waals surface area contributed by atoms with Crippen LogP contribution in [0.2, 0.25) is 10.0 Å². The van der Waals surface area contributed by atoms with Crippen LogP contribution in [0.4, 0.5) is 0 Å². The highest BCUT2D eigenvalue weighted by molar-refractivity contribution is 9.10. The summed E-state index contributed by atoms with van der Waals surface area (Å²) in [6.45, 7) is 0. The van der Waals surface area contributed by atoms with Gasteiger partial charge in [0.2, 0.25) is 0 Å². The molecule has 2 aromatic carbocycles. The second-order valence-electron chi connectivity index (χ2n) is 3.81. The molecule has 0 amide bonds. The molecule has 0 atom stereocenters. The fourth-order valence-corrected chi connectivity index (χ4v) is 2.40. The van der Waals surface area contributed by atoms with Gasteiger partial charge in [0, 0.05) is 26.5 Å². The van der Waals surface area contributed by atoms with E-state index in [0.717, 1.165) is 4.47 Å². The van der Waals surface area contributed by atoms with Crippen LogP contribution in [-0.4, -0.2) is 5.78 Å². The topological polar surface area (TPSA) is 17.1 Å². The normalized spacial score (nSPS) is 10.4. The maximum absolute atomic E-state index is 12.1. The zero-order chi connectivity index (χ0) is 13.1. The Labute approximate surface area is 124 Å². The predicted molar refractivity (Wildman–Crippen MR) is 78.6 cm³/mol. The van der Waals surface area contributed by atoms with E-state index in [-0.39, 0.29) is 12.2 Å². The molecule has 0 unspecified atom stereocenters. The van der Waals surface area contributed by atoms with Crippen molar-refractivity contribution >= 4 is 44.9 Å². The van der Waals surface area contributed by atoms with Crippen LogP contribution >= 0.6 is 39.1 Å². The van der Waals surface area contributed by atoms with E-state index in [1.807, 2.05) is 12.1 Å². The molecule has 0 fully saturated rings. The van der Waals surface area contributed by atoms with Gasteiger partial charge in [-0.2, -0.15) is 0 Å². The zero-order valence-electron chi connectivity index (χ0n) is 9.29. The Bertz CT molecular complexity index is 559. The number of rotatable bonds is 3. The second-order valence-corrected chi connectivity index (χ2v) is 5.54. The summed E-state index contributed by atoms with van der Waals surface area (Å²) in [5.41, 5.74) is 1.32. The summed E-state index contributed by atoms with van der Waals surface area (Å²) in [4.78, 5) is 12.1. The van der Waals surface area contributed by atoms with E-state index < -0.39 is 0 Å². The summed E-state index contributed by atoms with van der Waals surface area (Å²) in [6.07, 6.45) is 0.208. The van der Waals surface area contributed by atoms with Crippen molar-refractivity contribution in [3.8, 4) is 0 Å². The quantitative estimate of drug-likeness (QED) is 0.701. The molecule has 0 radical (unpaired) electrons. The molecule has 0 aromatic heterocycles. The first-order chi connectivity index (χ1) is 8.58. The maximum atomic E-state index is 12.1. The van der Waals surface area contributed by atoms with Gasteiger partial charge in [-0.1, -0.05) is 57.3 Å². The number of halogens is 3. The van der Waals surface area contributed by atoms with Crippen molar-refractivity contribution in [1.82, 2.24) is 0 Å². The largest absolute Gasteiger partial charge is 0.294 e. The lowest BCUT2D eigenvalue weighted by molar-refractivity contribution is 0.0993. The zero-order valence-corrected chi connectivity index (χ0v) is 12.4. The molecule has 0 aliphatic carbocycles. The first-order valence-electron chi connectivity index (χ1n) is 5.29. The van der Waals surface area contributed by atoms with E-state index in [4.69, 9.17) is 23.2 Å². The molecule has 0 spiro atoms. The molecular formula is C14H9BrCl2O. The standard InChI is InChI=1S/C14H9BrCl2O/c15-10-6-4-9(5-7-10)14(18)8-11-12(16)2-1-3-13(11)17/h1-7H,8H2. The SMILES string of the molecule is O=C(Cc1c(Cl)cccc1Cl)c1ccc(Br)cc1. The van der Waals surface area contributed by atoms with Gasteiger partial charge in [0.25, 0.3) is 0 Å². The Kier molecular flexibility index (Phi) is 4.44. The van der Waals surface area contributed by atoms with Crippen molar-refractivity contribution in [3.05, 3.63) is 68.1 Å². The van der Waals surface area contributed by atoms with Gasteiger partial charge in [-0.3, -0.25) is 4.79 Å². The number of carbonyl (C=O) groups excluding carboxylic acids is 1. The number of Topliss-reactive ketones (excluding diaryl/α,β-unsaturated/α-hetero) is 1. The van der Waals surface area contributed by atoms with Gasteiger partial charge < -0.3 is 0 Å². The number of benzene rings is 2. The van der Waals surface area contributed by atoms with Crippen molar-refractivity contribution in [2.45, 2.75) is 6.42 Å². The van der Waals surface area contributed by atoms with E-state index in [9.17, 15) is 4.79 Å². The average Bonchev–Trinajstić information content (AvgIpc) is 2.34. The van der Waals surface area contributed by atoms with Gasteiger partial charge >= 0.3 is 0 Å². The van der Waals surface area contributed by atoms with Crippen molar-refractivity contribution in [2.75, 3.05) is 0 Å². The van der Waals surface area contributed by atoms with Crippen molar-refractivity contribution in [3.63, 3.8) is 0 Å². The smallest absolute Gasteiger partial charge is 0.167 e. The van der Waals surface area contributed by atoms with Crippen LogP contribution in [-0.2, 0) is 6.42 Å². The fraction of sp³-hybridized carbons (Fsp3) is 0.0714. The fourth-order valence-electron chi connectivity index (χ4n) is 1.60. The average molecular weight is 344 g/mol. The monoisotopic (exact) mass is 342 g/mol. The highest BCUT2D eigenvalue weighted by Crippen LogP contribution is 2.25. The molecule has 18 heavy (non-hydrogen) atoms. The molecule has 0 saturated carbocycles. The Morgan fingerprint density at radius 2 is 1.56 bits per heavy atom. The molecule has 0 saturated heterocycles. The summed E-state index contributed by atoms with van der Waals surface area (Å²) in [7, 11) is 0. The minimum absolute atomic E-state index is 0.00231. The number of ketones is 1. The van der Waals surface area contributed by atoms with Crippen LogP contribution in [0.3, 0.4) is 0 Å². The van der Waals surface area contributed by atoms with Gasteiger partial charge in [0.05, 0.1) is 0 Å². The highest BCUT2D eigenvalue weighted by Gasteiger charge is 2.12. The van der Waals surface area contributed by atoms with Gasteiger partial charge in [-0.25, -0.2) is 0 Å². The molecule has 0 aliphatic heterocycles. The molecule has 2 aromatic rings. The lowest BCUT2D eigenvalue weighted by Crippen LogP contribution is -2.04. The first-order valence-corrected chi connectivity index (χ1v) is 6.84. The predicted octanol–water partition coefficient (Wildman–Crippen LogP) is 5.18. The first kappa shape index (κ1) is 13.6. The molecule has 0 heterocycles. The summed E-state index contributed by atoms with van der Waals surface area (Å²) >= 11 is 15.4. The Hall–Kier alpha value is -0.830. The van der Waals surface area contributed by atoms with Crippen molar-refractivity contribution < 1.29 is 4.79 Å². The maximum Gasteiger partial charge on any atom is 0.167 e. The third-order valence-electron chi connectivity index (χ3n) is 2.57. The number of hydrogen-bond acceptors (Lipinski definition) is 1. The van der Waals surface area contributed by atoms with Gasteiger partial charge in [0.1, 0.15) is 0 Å². The van der Waals surface area contributed by atoms with Crippen LogP contribution in [0.25, 0.3) is 0 Å².